The molecule has 1 heterocycles. The molecule has 0 aliphatic rings. The summed E-state index contributed by atoms with van der Waals surface area (Å²) in [4.78, 5) is 23.1. The van der Waals surface area contributed by atoms with E-state index in [1.165, 1.54) is 6.07 Å². The van der Waals surface area contributed by atoms with Gasteiger partial charge < -0.3 is 10.1 Å². The number of hydrogen-bond donors (Lipinski definition) is 0. The number of carbonyl (C=O) groups is 1. The number of pyridine rings is 1. The fourth-order valence-corrected chi connectivity index (χ4v) is 1.08. The molecule has 0 bridgehead atoms. The highest BCUT2D eigenvalue weighted by molar-refractivity contribution is 5.84. The maximum absolute atomic E-state index is 12.4. The van der Waals surface area contributed by atoms with Crippen molar-refractivity contribution in [3.8, 4) is 6.07 Å². The molecule has 0 amide bonds. The summed E-state index contributed by atoms with van der Waals surface area (Å²) >= 11 is 0. The SMILES string of the molecule is N#Cc1c(C(F)F)cnc([N+](=O)[O-])c1C=O. The summed E-state index contributed by atoms with van der Waals surface area (Å²) in [5.74, 6) is -0.907. The van der Waals surface area contributed by atoms with Crippen molar-refractivity contribution in [3.05, 3.63) is 33.0 Å². The van der Waals surface area contributed by atoms with E-state index in [1.807, 2.05) is 0 Å². The number of nitriles is 1. The number of halogens is 2. The maximum atomic E-state index is 12.4. The first-order chi connectivity index (χ1) is 7.52. The zero-order valence-electron chi connectivity index (χ0n) is 7.55. The highest BCUT2D eigenvalue weighted by atomic mass is 19.3. The van der Waals surface area contributed by atoms with E-state index in [0.29, 0.717) is 6.20 Å². The van der Waals surface area contributed by atoms with E-state index in [-0.39, 0.29) is 6.29 Å². The summed E-state index contributed by atoms with van der Waals surface area (Å²) in [7, 11) is 0. The van der Waals surface area contributed by atoms with Gasteiger partial charge in [-0.1, -0.05) is 0 Å². The predicted molar refractivity (Wildman–Crippen MR) is 46.0 cm³/mol. The molecule has 0 aliphatic carbocycles. The van der Waals surface area contributed by atoms with Crippen molar-refractivity contribution in [3.63, 3.8) is 0 Å². The Morgan fingerprint density at radius 1 is 1.62 bits per heavy atom. The van der Waals surface area contributed by atoms with Crippen LogP contribution in [-0.2, 0) is 0 Å². The molecule has 0 atom stereocenters. The molecule has 1 aromatic heterocycles. The van der Waals surface area contributed by atoms with Crippen molar-refractivity contribution in [2.45, 2.75) is 6.43 Å². The lowest BCUT2D eigenvalue weighted by Crippen LogP contribution is -2.04. The molecule has 8 heteroatoms. The molecule has 6 nitrogen and oxygen atoms in total. The quantitative estimate of drug-likeness (QED) is 0.443. The number of nitrogens with zero attached hydrogens (tertiary/aromatic N) is 3. The van der Waals surface area contributed by atoms with Crippen molar-refractivity contribution < 1.29 is 18.5 Å². The Kier molecular flexibility index (Phi) is 3.20. The van der Waals surface area contributed by atoms with E-state index in [1.54, 1.807) is 0 Å². The highest BCUT2D eigenvalue weighted by Gasteiger charge is 2.26. The van der Waals surface area contributed by atoms with E-state index in [2.05, 4.69) is 4.98 Å². The van der Waals surface area contributed by atoms with Gasteiger partial charge in [0.1, 0.15) is 11.6 Å². The van der Waals surface area contributed by atoms with Gasteiger partial charge in [-0.3, -0.25) is 4.79 Å². The first kappa shape index (κ1) is 11.6. The molecule has 16 heavy (non-hydrogen) atoms. The van der Waals surface area contributed by atoms with Gasteiger partial charge in [0.15, 0.2) is 12.5 Å². The monoisotopic (exact) mass is 227 g/mol. The van der Waals surface area contributed by atoms with Crippen LogP contribution in [0.4, 0.5) is 14.6 Å². The van der Waals surface area contributed by atoms with E-state index in [4.69, 9.17) is 5.26 Å². The second kappa shape index (κ2) is 4.39. The molecule has 0 radical (unpaired) electrons. The molecule has 0 aromatic carbocycles. The third-order valence-corrected chi connectivity index (χ3v) is 1.76. The first-order valence-electron chi connectivity index (χ1n) is 3.83. The fourth-order valence-electron chi connectivity index (χ4n) is 1.08. The van der Waals surface area contributed by atoms with Crippen LogP contribution in [0.2, 0.25) is 0 Å². The number of carbonyl (C=O) groups excluding carboxylic acids is 1. The summed E-state index contributed by atoms with van der Waals surface area (Å²) in [6.45, 7) is 0. The Morgan fingerprint density at radius 2 is 2.25 bits per heavy atom. The topological polar surface area (TPSA) is 96.9 Å². The van der Waals surface area contributed by atoms with Gasteiger partial charge in [0.2, 0.25) is 0 Å². The third kappa shape index (κ3) is 1.83. The van der Waals surface area contributed by atoms with Gasteiger partial charge in [-0.2, -0.15) is 5.26 Å². The van der Waals surface area contributed by atoms with Crippen molar-refractivity contribution in [2.24, 2.45) is 0 Å². The van der Waals surface area contributed by atoms with Crippen LogP contribution in [-0.4, -0.2) is 16.2 Å². The molecule has 0 spiro atoms. The van der Waals surface area contributed by atoms with Crippen LogP contribution in [0.3, 0.4) is 0 Å². The first-order valence-corrected chi connectivity index (χ1v) is 3.83. The minimum absolute atomic E-state index is 0.0322. The molecule has 0 saturated carbocycles. The summed E-state index contributed by atoms with van der Waals surface area (Å²) in [5, 5.41) is 19.0. The zero-order valence-corrected chi connectivity index (χ0v) is 7.55. The van der Waals surface area contributed by atoms with Crippen LogP contribution in [0, 0.1) is 21.4 Å². The van der Waals surface area contributed by atoms with Gasteiger partial charge in [-0.15, -0.1) is 0 Å². The van der Waals surface area contributed by atoms with Gasteiger partial charge >= 0.3 is 5.82 Å². The van der Waals surface area contributed by atoms with Crippen molar-refractivity contribution >= 4 is 12.1 Å². The number of hydrogen-bond acceptors (Lipinski definition) is 5. The second-order valence-corrected chi connectivity index (χ2v) is 2.61. The van der Waals surface area contributed by atoms with Gasteiger partial charge in [-0.05, 0) is 9.91 Å². The third-order valence-electron chi connectivity index (χ3n) is 1.76. The Labute approximate surface area is 87.3 Å². The van der Waals surface area contributed by atoms with Gasteiger partial charge in [0.05, 0.1) is 11.1 Å². The van der Waals surface area contributed by atoms with Crippen LogP contribution in [0.15, 0.2) is 6.20 Å². The minimum Gasteiger partial charge on any atom is -0.358 e. The number of alkyl halides is 2. The van der Waals surface area contributed by atoms with Gasteiger partial charge in [0, 0.05) is 0 Å². The molecule has 0 N–H and O–H groups in total. The predicted octanol–water partition coefficient (Wildman–Crippen LogP) is 1.61. The standard InChI is InChI=1S/C8H3F2N3O3/c9-7(10)5-2-12-8(13(15)16)6(3-14)4(5)1-11/h2-3,7H. The van der Waals surface area contributed by atoms with Gasteiger partial charge in [0.25, 0.3) is 6.43 Å². The second-order valence-electron chi connectivity index (χ2n) is 2.61. The summed E-state index contributed by atoms with van der Waals surface area (Å²) in [5.41, 5.74) is -2.24. The molecule has 1 rings (SSSR count). The normalized spacial score (nSPS) is 9.88. The smallest absolute Gasteiger partial charge is 0.358 e. The fraction of sp³-hybridized carbons (Fsp3) is 0.125. The number of nitro groups is 1. The van der Waals surface area contributed by atoms with Gasteiger partial charge in [-0.25, -0.2) is 8.78 Å². The Hall–Kier alpha value is -2.43. The van der Waals surface area contributed by atoms with Crippen LogP contribution in [0.1, 0.15) is 27.9 Å². The average Bonchev–Trinajstić information content (AvgIpc) is 2.26. The molecule has 0 aliphatic heterocycles. The lowest BCUT2D eigenvalue weighted by atomic mass is 10.1. The Morgan fingerprint density at radius 3 is 2.62 bits per heavy atom. The van der Waals surface area contributed by atoms with Crippen LogP contribution >= 0.6 is 0 Å². The van der Waals surface area contributed by atoms with E-state index in [0.717, 1.165) is 0 Å². The Bertz CT molecular complexity index is 496. The largest absolute Gasteiger partial charge is 0.375 e. The molecular formula is C8H3F2N3O3. The van der Waals surface area contributed by atoms with Crippen molar-refractivity contribution in [2.75, 3.05) is 0 Å². The van der Waals surface area contributed by atoms with Crippen LogP contribution < -0.4 is 0 Å². The molecule has 0 fully saturated rings. The van der Waals surface area contributed by atoms with E-state index < -0.39 is 33.9 Å². The average molecular weight is 227 g/mol. The minimum atomic E-state index is -3.03. The van der Waals surface area contributed by atoms with Crippen LogP contribution in [0.5, 0.6) is 0 Å². The number of rotatable bonds is 3. The number of aldehydes is 1. The summed E-state index contributed by atoms with van der Waals surface area (Å²) in [6.07, 6.45) is -2.54. The van der Waals surface area contributed by atoms with Crippen molar-refractivity contribution in [1.29, 1.82) is 5.26 Å². The Balaban J connectivity index is 3.60. The van der Waals surface area contributed by atoms with E-state index >= 15 is 0 Å². The zero-order chi connectivity index (χ0) is 12.3. The molecule has 0 unspecified atom stereocenters. The molecule has 1 aromatic rings. The maximum Gasteiger partial charge on any atom is 0.375 e. The number of aromatic nitrogens is 1. The lowest BCUT2D eigenvalue weighted by Gasteiger charge is -2.02. The van der Waals surface area contributed by atoms with E-state index in [9.17, 15) is 23.7 Å². The highest BCUT2D eigenvalue weighted by Crippen LogP contribution is 2.27. The molecule has 82 valence electrons. The molecular weight excluding hydrogens is 224 g/mol. The summed E-state index contributed by atoms with van der Waals surface area (Å²) < 4.78 is 24.8. The molecule has 0 saturated heterocycles. The summed E-state index contributed by atoms with van der Waals surface area (Å²) in [6, 6.07) is 1.34. The van der Waals surface area contributed by atoms with Crippen molar-refractivity contribution in [1.82, 2.24) is 4.98 Å². The van der Waals surface area contributed by atoms with Crippen LogP contribution in [0.25, 0.3) is 0 Å². The lowest BCUT2D eigenvalue weighted by molar-refractivity contribution is -0.389.